The van der Waals surface area contributed by atoms with Gasteiger partial charge >= 0.3 is 0 Å². The summed E-state index contributed by atoms with van der Waals surface area (Å²) in [5.41, 5.74) is 0.798. The molecule has 0 N–H and O–H groups in total. The lowest BCUT2D eigenvalue weighted by Gasteiger charge is -2.04. The van der Waals surface area contributed by atoms with E-state index in [1.165, 1.54) is 0 Å². The second-order valence-electron chi connectivity index (χ2n) is 2.52. The Bertz CT molecular complexity index is 331. The van der Waals surface area contributed by atoms with Crippen LogP contribution in [0.1, 0.15) is 12.5 Å². The monoisotopic (exact) mass is 172 g/mol. The summed E-state index contributed by atoms with van der Waals surface area (Å²) >= 11 is 0. The van der Waals surface area contributed by atoms with E-state index in [2.05, 4.69) is 5.92 Å². The van der Waals surface area contributed by atoms with Crippen molar-refractivity contribution in [3.05, 3.63) is 42.0 Å². The zero-order chi connectivity index (χ0) is 9.52. The van der Waals surface area contributed by atoms with Crippen LogP contribution in [0.15, 0.2) is 36.4 Å². The van der Waals surface area contributed by atoms with Crippen molar-refractivity contribution in [2.24, 2.45) is 0 Å². The third-order valence-corrected chi connectivity index (χ3v) is 1.61. The van der Waals surface area contributed by atoms with Crippen molar-refractivity contribution < 1.29 is 4.74 Å². The van der Waals surface area contributed by atoms with E-state index in [0.717, 1.165) is 11.3 Å². The SMILES string of the molecule is C#Cc1ccccc1OC/C=C/C. The molecule has 0 aliphatic heterocycles. The van der Waals surface area contributed by atoms with E-state index in [9.17, 15) is 0 Å². The quantitative estimate of drug-likeness (QED) is 0.503. The molecule has 1 aromatic carbocycles. The van der Waals surface area contributed by atoms with Crippen LogP contribution in [0, 0.1) is 12.3 Å². The second kappa shape index (κ2) is 5.05. The van der Waals surface area contributed by atoms with Crippen LogP contribution in [0.5, 0.6) is 5.75 Å². The Hall–Kier alpha value is -1.68. The van der Waals surface area contributed by atoms with Gasteiger partial charge in [-0.2, -0.15) is 0 Å². The highest BCUT2D eigenvalue weighted by molar-refractivity contribution is 5.44. The van der Waals surface area contributed by atoms with Crippen molar-refractivity contribution >= 4 is 0 Å². The summed E-state index contributed by atoms with van der Waals surface area (Å²) in [5.74, 6) is 3.34. The predicted octanol–water partition coefficient (Wildman–Crippen LogP) is 2.62. The van der Waals surface area contributed by atoms with E-state index in [0.29, 0.717) is 6.61 Å². The fraction of sp³-hybridized carbons (Fsp3) is 0.167. The molecule has 66 valence electrons. The Morgan fingerprint density at radius 1 is 1.46 bits per heavy atom. The Balaban J connectivity index is 2.71. The van der Waals surface area contributed by atoms with E-state index in [-0.39, 0.29) is 0 Å². The zero-order valence-electron chi connectivity index (χ0n) is 7.66. The molecule has 0 aromatic heterocycles. The van der Waals surface area contributed by atoms with Crippen LogP contribution >= 0.6 is 0 Å². The van der Waals surface area contributed by atoms with Crippen molar-refractivity contribution in [2.45, 2.75) is 6.92 Å². The van der Waals surface area contributed by atoms with Gasteiger partial charge in [0.05, 0.1) is 5.56 Å². The molecule has 13 heavy (non-hydrogen) atoms. The predicted molar refractivity (Wildman–Crippen MR) is 54.7 cm³/mol. The van der Waals surface area contributed by atoms with Gasteiger partial charge in [-0.25, -0.2) is 0 Å². The van der Waals surface area contributed by atoms with Gasteiger partial charge in [-0.15, -0.1) is 6.42 Å². The molecular weight excluding hydrogens is 160 g/mol. The van der Waals surface area contributed by atoms with Gasteiger partial charge in [0.25, 0.3) is 0 Å². The lowest BCUT2D eigenvalue weighted by molar-refractivity contribution is 0.362. The smallest absolute Gasteiger partial charge is 0.135 e. The average molecular weight is 172 g/mol. The molecule has 0 atom stereocenters. The van der Waals surface area contributed by atoms with E-state index < -0.39 is 0 Å². The van der Waals surface area contributed by atoms with Crippen molar-refractivity contribution in [3.63, 3.8) is 0 Å². The molecule has 0 radical (unpaired) electrons. The fourth-order valence-electron chi connectivity index (χ4n) is 0.946. The summed E-state index contributed by atoms with van der Waals surface area (Å²) in [5, 5.41) is 0. The Labute approximate surface area is 79.0 Å². The molecule has 0 aliphatic rings. The van der Waals surface area contributed by atoms with Crippen LogP contribution in [0.25, 0.3) is 0 Å². The number of terminal acetylenes is 1. The molecule has 1 aromatic rings. The molecule has 0 spiro atoms. The van der Waals surface area contributed by atoms with Crippen molar-refractivity contribution in [1.29, 1.82) is 0 Å². The van der Waals surface area contributed by atoms with Gasteiger partial charge in [0.1, 0.15) is 12.4 Å². The average Bonchev–Trinajstić information content (AvgIpc) is 2.19. The summed E-state index contributed by atoms with van der Waals surface area (Å²) in [6.07, 6.45) is 9.19. The fourth-order valence-corrected chi connectivity index (χ4v) is 0.946. The second-order valence-corrected chi connectivity index (χ2v) is 2.52. The standard InChI is InChI=1S/C12H12O/c1-3-5-10-13-12-9-7-6-8-11(12)4-2/h2-3,5-9H,10H2,1H3/b5-3+. The van der Waals surface area contributed by atoms with E-state index in [4.69, 9.17) is 11.2 Å². The summed E-state index contributed by atoms with van der Waals surface area (Å²) in [6.45, 7) is 2.52. The first-order valence-electron chi connectivity index (χ1n) is 4.18. The summed E-state index contributed by atoms with van der Waals surface area (Å²) in [6, 6.07) is 7.55. The first-order chi connectivity index (χ1) is 6.38. The van der Waals surface area contributed by atoms with Crippen LogP contribution in [0.3, 0.4) is 0 Å². The molecule has 0 unspecified atom stereocenters. The maximum atomic E-state index is 5.44. The molecule has 0 fully saturated rings. The van der Waals surface area contributed by atoms with Gasteiger partial charge in [0, 0.05) is 0 Å². The topological polar surface area (TPSA) is 9.23 Å². The number of hydrogen-bond acceptors (Lipinski definition) is 1. The van der Waals surface area contributed by atoms with Gasteiger partial charge in [-0.3, -0.25) is 0 Å². The molecule has 0 saturated carbocycles. The van der Waals surface area contributed by atoms with Crippen LogP contribution in [-0.2, 0) is 0 Å². The largest absolute Gasteiger partial charge is 0.488 e. The first kappa shape index (κ1) is 9.41. The molecule has 1 heteroatoms. The summed E-state index contributed by atoms with van der Waals surface area (Å²) < 4.78 is 5.44. The van der Waals surface area contributed by atoms with Crippen LogP contribution < -0.4 is 4.74 Å². The van der Waals surface area contributed by atoms with Crippen LogP contribution in [0.2, 0.25) is 0 Å². The Morgan fingerprint density at radius 2 is 2.23 bits per heavy atom. The van der Waals surface area contributed by atoms with Gasteiger partial charge in [0.15, 0.2) is 0 Å². The number of benzene rings is 1. The van der Waals surface area contributed by atoms with E-state index in [1.54, 1.807) is 0 Å². The zero-order valence-corrected chi connectivity index (χ0v) is 7.66. The van der Waals surface area contributed by atoms with E-state index >= 15 is 0 Å². The minimum atomic E-state index is 0.565. The number of allylic oxidation sites excluding steroid dienone is 1. The molecular formula is C12H12O. The normalized spacial score (nSPS) is 9.85. The Kier molecular flexibility index (Phi) is 3.66. The highest BCUT2D eigenvalue weighted by Crippen LogP contribution is 2.16. The number of para-hydroxylation sites is 1. The summed E-state index contributed by atoms with van der Waals surface area (Å²) in [4.78, 5) is 0. The van der Waals surface area contributed by atoms with Crippen LogP contribution in [0.4, 0.5) is 0 Å². The van der Waals surface area contributed by atoms with Crippen molar-refractivity contribution in [1.82, 2.24) is 0 Å². The minimum absolute atomic E-state index is 0.565. The van der Waals surface area contributed by atoms with E-state index in [1.807, 2.05) is 43.3 Å². The lowest BCUT2D eigenvalue weighted by atomic mass is 10.2. The minimum Gasteiger partial charge on any atom is -0.488 e. The third-order valence-electron chi connectivity index (χ3n) is 1.61. The summed E-state index contributed by atoms with van der Waals surface area (Å²) in [7, 11) is 0. The first-order valence-corrected chi connectivity index (χ1v) is 4.18. The molecule has 0 amide bonds. The molecule has 0 heterocycles. The van der Waals surface area contributed by atoms with Gasteiger partial charge in [0.2, 0.25) is 0 Å². The molecule has 0 saturated heterocycles. The molecule has 1 rings (SSSR count). The number of hydrogen-bond donors (Lipinski definition) is 0. The van der Waals surface area contributed by atoms with Gasteiger partial charge in [-0.1, -0.05) is 30.2 Å². The Morgan fingerprint density at radius 3 is 2.92 bits per heavy atom. The molecule has 0 aliphatic carbocycles. The van der Waals surface area contributed by atoms with Crippen molar-refractivity contribution in [2.75, 3.05) is 6.61 Å². The maximum absolute atomic E-state index is 5.44. The van der Waals surface area contributed by atoms with Gasteiger partial charge < -0.3 is 4.74 Å². The molecule has 0 bridgehead atoms. The lowest BCUT2D eigenvalue weighted by Crippen LogP contribution is -1.95. The van der Waals surface area contributed by atoms with Gasteiger partial charge in [-0.05, 0) is 19.1 Å². The number of rotatable bonds is 3. The highest BCUT2D eigenvalue weighted by Gasteiger charge is 1.96. The third kappa shape index (κ3) is 2.68. The highest BCUT2D eigenvalue weighted by atomic mass is 16.5. The molecule has 1 nitrogen and oxygen atoms in total. The van der Waals surface area contributed by atoms with Crippen LogP contribution in [-0.4, -0.2) is 6.61 Å². The van der Waals surface area contributed by atoms with Crippen molar-refractivity contribution in [3.8, 4) is 18.1 Å². The number of ether oxygens (including phenoxy) is 1. The maximum Gasteiger partial charge on any atom is 0.135 e.